The van der Waals surface area contributed by atoms with Crippen LogP contribution in [0.25, 0.3) is 0 Å². The second kappa shape index (κ2) is 11.7. The molecule has 0 radical (unpaired) electrons. The molecule has 0 saturated carbocycles. The molecule has 0 saturated heterocycles. The van der Waals surface area contributed by atoms with Crippen LogP contribution in [0.4, 0.5) is 9.59 Å². The number of carbonyl (C=O) groups excluding carboxylic acids is 2. The van der Waals surface area contributed by atoms with Gasteiger partial charge >= 0.3 is 12.2 Å². The van der Waals surface area contributed by atoms with Gasteiger partial charge in [0.15, 0.2) is 0 Å². The molecule has 0 aromatic heterocycles. The molecule has 0 heterocycles. The van der Waals surface area contributed by atoms with E-state index in [9.17, 15) is 9.59 Å². The second-order valence-electron chi connectivity index (χ2n) is 9.02. The summed E-state index contributed by atoms with van der Waals surface area (Å²) in [5, 5.41) is 3.23. The van der Waals surface area contributed by atoms with Crippen LogP contribution in [0.1, 0.15) is 59.9 Å². The van der Waals surface area contributed by atoms with Crippen LogP contribution in [-0.4, -0.2) is 40.8 Å². The van der Waals surface area contributed by atoms with E-state index in [1.165, 1.54) is 0 Å². The number of hydrogen-bond donors (Lipinski definition) is 1. The number of nitrogens with one attached hydrogen (secondary N) is 1. The first-order valence-electron chi connectivity index (χ1n) is 10.2. The van der Waals surface area contributed by atoms with Crippen LogP contribution in [0.15, 0.2) is 41.9 Å². The molecule has 0 fully saturated rings. The number of alkyl carbamates (subject to hydrolysis) is 1. The lowest BCUT2D eigenvalue weighted by atomic mass is 10.2. The summed E-state index contributed by atoms with van der Waals surface area (Å²) in [6.07, 6.45) is 1.82. The van der Waals surface area contributed by atoms with Crippen LogP contribution in [0.5, 0.6) is 0 Å². The lowest BCUT2D eigenvalue weighted by Crippen LogP contribution is -2.46. The number of ether oxygens (including phenoxy) is 2. The molecule has 0 spiro atoms. The summed E-state index contributed by atoms with van der Waals surface area (Å²) in [4.78, 5) is 30.7. The van der Waals surface area contributed by atoms with E-state index >= 15 is 0 Å². The molecular weight excluding hydrogens is 418 g/mol. The highest BCUT2D eigenvalue weighted by atomic mass is 35.5. The zero-order valence-electron chi connectivity index (χ0n) is 19.3. The van der Waals surface area contributed by atoms with Gasteiger partial charge in [0.25, 0.3) is 0 Å². The van der Waals surface area contributed by atoms with Gasteiger partial charge in [0.2, 0.25) is 5.96 Å². The molecule has 1 N–H and O–H groups in total. The lowest BCUT2D eigenvalue weighted by molar-refractivity contribution is 0.0554. The van der Waals surface area contributed by atoms with Crippen LogP contribution in [0.2, 0.25) is 5.02 Å². The van der Waals surface area contributed by atoms with Gasteiger partial charge in [0.05, 0.1) is 0 Å². The van der Waals surface area contributed by atoms with E-state index in [0.29, 0.717) is 18.1 Å². The Labute approximate surface area is 190 Å². The summed E-state index contributed by atoms with van der Waals surface area (Å²) >= 11 is 5.99. The van der Waals surface area contributed by atoms with Crippen molar-refractivity contribution in [2.75, 3.05) is 6.54 Å². The number of aliphatic imine (C=N–C) groups is 1. The summed E-state index contributed by atoms with van der Waals surface area (Å²) in [5.74, 6) is 0.0579. The fourth-order valence-electron chi connectivity index (χ4n) is 2.44. The van der Waals surface area contributed by atoms with Crippen molar-refractivity contribution < 1.29 is 19.1 Å². The molecule has 1 aromatic carbocycles. The minimum atomic E-state index is -0.802. The Balaban J connectivity index is 3.22. The first kappa shape index (κ1) is 26.5. The molecule has 0 aliphatic rings. The Morgan fingerprint density at radius 2 is 1.68 bits per heavy atom. The summed E-state index contributed by atoms with van der Waals surface area (Å²) in [6, 6.07) is 7.32. The van der Waals surface area contributed by atoms with Crippen LogP contribution in [-0.2, 0) is 16.0 Å². The smallest absolute Gasteiger partial charge is 0.437 e. The van der Waals surface area contributed by atoms with Gasteiger partial charge in [-0.25, -0.2) is 9.59 Å². The number of guanidine groups is 1. The Bertz CT molecular complexity index is 777. The molecule has 31 heavy (non-hydrogen) atoms. The van der Waals surface area contributed by atoms with E-state index in [0.717, 1.165) is 18.4 Å². The minimum absolute atomic E-state index is 0.0579. The molecule has 0 aliphatic heterocycles. The third-order valence-corrected chi connectivity index (χ3v) is 3.88. The van der Waals surface area contributed by atoms with Gasteiger partial charge in [0.1, 0.15) is 11.2 Å². The van der Waals surface area contributed by atoms with Gasteiger partial charge in [-0.1, -0.05) is 29.8 Å². The lowest BCUT2D eigenvalue weighted by Gasteiger charge is -2.28. The largest absolute Gasteiger partial charge is 0.444 e. The van der Waals surface area contributed by atoms with Crippen LogP contribution >= 0.6 is 11.6 Å². The van der Waals surface area contributed by atoms with Crippen molar-refractivity contribution >= 4 is 29.7 Å². The number of allylic oxidation sites excluding steroid dienone is 1. The molecule has 0 unspecified atom stereocenters. The van der Waals surface area contributed by atoms with Crippen molar-refractivity contribution in [1.82, 2.24) is 10.2 Å². The topological polar surface area (TPSA) is 80.2 Å². The predicted molar refractivity (Wildman–Crippen MR) is 124 cm³/mol. The van der Waals surface area contributed by atoms with Gasteiger partial charge in [-0.2, -0.15) is 0 Å². The maximum atomic E-state index is 12.4. The molecule has 8 heteroatoms. The summed E-state index contributed by atoms with van der Waals surface area (Å²) in [5.41, 5.74) is -0.488. The second-order valence-corrected chi connectivity index (χ2v) is 9.46. The maximum absolute atomic E-state index is 12.4. The SMILES string of the molecule is C=CCCCN(Cc1ccc(Cl)cc1)/C(=N\C(=O)OC(C)(C)C)NC(=O)OC(C)(C)C. The Morgan fingerprint density at radius 3 is 2.19 bits per heavy atom. The zero-order valence-corrected chi connectivity index (χ0v) is 20.1. The van der Waals surface area contributed by atoms with Crippen molar-refractivity contribution in [2.24, 2.45) is 4.99 Å². The summed E-state index contributed by atoms with van der Waals surface area (Å²) in [7, 11) is 0. The Morgan fingerprint density at radius 1 is 1.10 bits per heavy atom. The first-order valence-corrected chi connectivity index (χ1v) is 10.6. The van der Waals surface area contributed by atoms with E-state index < -0.39 is 23.4 Å². The Kier molecular flexibility index (Phi) is 10.0. The molecule has 2 amide bonds. The first-order chi connectivity index (χ1) is 14.3. The standard InChI is InChI=1S/C23H34ClN3O4/c1-8-9-10-15-27(16-17-11-13-18(24)14-12-17)19(25-20(28)30-22(2,3)4)26-21(29)31-23(5,6)7/h8,11-14H,1,9-10,15-16H2,2-7H3,(H,25,26,28,29). The third kappa shape index (κ3) is 12.0. The molecule has 7 nitrogen and oxygen atoms in total. The normalized spacial score (nSPS) is 12.2. The van der Waals surface area contributed by atoms with E-state index in [-0.39, 0.29) is 5.96 Å². The van der Waals surface area contributed by atoms with Crippen LogP contribution < -0.4 is 5.32 Å². The number of hydrogen-bond acceptors (Lipinski definition) is 4. The molecule has 0 bridgehead atoms. The van der Waals surface area contributed by atoms with Crippen molar-refractivity contribution in [3.05, 3.63) is 47.5 Å². The van der Waals surface area contributed by atoms with Gasteiger partial charge < -0.3 is 14.4 Å². The van der Waals surface area contributed by atoms with E-state index in [2.05, 4.69) is 16.9 Å². The number of amides is 2. The number of halogens is 1. The van der Waals surface area contributed by atoms with Crippen molar-refractivity contribution in [3.8, 4) is 0 Å². The third-order valence-electron chi connectivity index (χ3n) is 3.63. The average Bonchev–Trinajstić information content (AvgIpc) is 2.59. The van der Waals surface area contributed by atoms with Crippen molar-refractivity contribution in [3.63, 3.8) is 0 Å². The van der Waals surface area contributed by atoms with E-state index in [4.69, 9.17) is 21.1 Å². The number of benzene rings is 1. The van der Waals surface area contributed by atoms with Gasteiger partial charge in [-0.3, -0.25) is 5.32 Å². The number of carbonyl (C=O) groups is 2. The quantitative estimate of drug-likeness (QED) is 0.251. The number of rotatable bonds is 6. The highest BCUT2D eigenvalue weighted by molar-refractivity contribution is 6.30. The molecule has 1 rings (SSSR count). The van der Waals surface area contributed by atoms with Crippen molar-refractivity contribution in [2.45, 2.75) is 72.1 Å². The molecule has 0 atom stereocenters. The molecule has 0 aliphatic carbocycles. The average molecular weight is 452 g/mol. The number of nitrogens with zero attached hydrogens (tertiary/aromatic N) is 2. The van der Waals surface area contributed by atoms with Gasteiger partial charge in [-0.15, -0.1) is 11.6 Å². The Hall–Kier alpha value is -2.54. The molecular formula is C23H34ClN3O4. The predicted octanol–water partition coefficient (Wildman–Crippen LogP) is 5.92. The van der Waals surface area contributed by atoms with Crippen LogP contribution in [0.3, 0.4) is 0 Å². The summed E-state index contributed by atoms with van der Waals surface area (Å²) < 4.78 is 10.7. The van der Waals surface area contributed by atoms with E-state index in [1.54, 1.807) is 58.6 Å². The maximum Gasteiger partial charge on any atom is 0.437 e. The highest BCUT2D eigenvalue weighted by Crippen LogP contribution is 2.14. The van der Waals surface area contributed by atoms with Gasteiger partial charge in [-0.05, 0) is 72.1 Å². The van der Waals surface area contributed by atoms with E-state index in [1.807, 2.05) is 18.2 Å². The highest BCUT2D eigenvalue weighted by Gasteiger charge is 2.23. The molecule has 172 valence electrons. The fraction of sp³-hybridized carbons (Fsp3) is 0.522. The monoisotopic (exact) mass is 451 g/mol. The minimum Gasteiger partial charge on any atom is -0.444 e. The number of unbranched alkanes of at least 4 members (excludes halogenated alkanes) is 1. The molecule has 1 aromatic rings. The van der Waals surface area contributed by atoms with Gasteiger partial charge in [0, 0.05) is 18.1 Å². The summed E-state index contributed by atoms with van der Waals surface area (Å²) in [6.45, 7) is 15.2. The van der Waals surface area contributed by atoms with Crippen LogP contribution in [0, 0.1) is 0 Å². The fourth-order valence-corrected chi connectivity index (χ4v) is 2.57. The van der Waals surface area contributed by atoms with Crippen molar-refractivity contribution in [1.29, 1.82) is 0 Å². The zero-order chi connectivity index (χ0) is 23.7.